The lowest BCUT2D eigenvalue weighted by atomic mass is 10.2. The molecule has 0 radical (unpaired) electrons. The van der Waals surface area contributed by atoms with Gasteiger partial charge in [0.15, 0.2) is 0 Å². The van der Waals surface area contributed by atoms with Crippen molar-refractivity contribution in [3.63, 3.8) is 0 Å². The van der Waals surface area contributed by atoms with Crippen molar-refractivity contribution in [1.82, 2.24) is 5.32 Å². The molecule has 0 aromatic heterocycles. The summed E-state index contributed by atoms with van der Waals surface area (Å²) in [6.45, 7) is 0.231. The second-order valence-corrected chi connectivity index (χ2v) is 4.68. The molecule has 0 atom stereocenters. The first-order valence-electron chi connectivity index (χ1n) is 6.84. The summed E-state index contributed by atoms with van der Waals surface area (Å²) in [5.41, 5.74) is 1.65. The van der Waals surface area contributed by atoms with Gasteiger partial charge in [-0.1, -0.05) is 18.2 Å². The third kappa shape index (κ3) is 4.58. The van der Waals surface area contributed by atoms with Gasteiger partial charge in [-0.25, -0.2) is 0 Å². The quantitative estimate of drug-likeness (QED) is 0.843. The Kier molecular flexibility index (Phi) is 5.31. The Morgan fingerprint density at radius 2 is 1.87 bits per heavy atom. The average Bonchev–Trinajstić information content (AvgIpc) is 2.60. The van der Waals surface area contributed by atoms with E-state index in [1.54, 1.807) is 49.6 Å². The second kappa shape index (κ2) is 7.61. The van der Waals surface area contributed by atoms with Crippen molar-refractivity contribution >= 4 is 17.5 Å². The van der Waals surface area contributed by atoms with E-state index in [-0.39, 0.29) is 6.54 Å². The van der Waals surface area contributed by atoms with Crippen LogP contribution in [0.25, 0.3) is 0 Å². The number of nitriles is 1. The highest BCUT2D eigenvalue weighted by Gasteiger charge is 2.13. The van der Waals surface area contributed by atoms with E-state index in [4.69, 9.17) is 10.00 Å². The Balaban J connectivity index is 1.89. The van der Waals surface area contributed by atoms with Crippen molar-refractivity contribution < 1.29 is 14.3 Å². The van der Waals surface area contributed by atoms with Crippen LogP contribution in [0.5, 0.6) is 5.75 Å². The summed E-state index contributed by atoms with van der Waals surface area (Å²) in [5, 5.41) is 13.8. The van der Waals surface area contributed by atoms with Gasteiger partial charge in [0.1, 0.15) is 5.75 Å². The Morgan fingerprint density at radius 1 is 1.13 bits per heavy atom. The number of benzene rings is 2. The Hall–Kier alpha value is -3.33. The molecule has 2 aromatic rings. The maximum atomic E-state index is 11.8. The Morgan fingerprint density at radius 3 is 2.52 bits per heavy atom. The maximum Gasteiger partial charge on any atom is 0.313 e. The fraction of sp³-hybridized carbons (Fsp3) is 0.118. The minimum Gasteiger partial charge on any atom is -0.497 e. The smallest absolute Gasteiger partial charge is 0.313 e. The number of hydrogen-bond donors (Lipinski definition) is 2. The fourth-order valence-electron chi connectivity index (χ4n) is 1.86. The van der Waals surface area contributed by atoms with Gasteiger partial charge in [-0.2, -0.15) is 5.26 Å². The highest BCUT2D eigenvalue weighted by atomic mass is 16.5. The lowest BCUT2D eigenvalue weighted by Crippen LogP contribution is -2.34. The van der Waals surface area contributed by atoms with Crippen LogP contribution in [-0.2, 0) is 16.1 Å². The molecule has 0 aliphatic carbocycles. The molecule has 2 aromatic carbocycles. The van der Waals surface area contributed by atoms with Gasteiger partial charge in [0.25, 0.3) is 0 Å². The van der Waals surface area contributed by atoms with Crippen LogP contribution in [-0.4, -0.2) is 18.9 Å². The van der Waals surface area contributed by atoms with Crippen LogP contribution in [0.15, 0.2) is 48.5 Å². The van der Waals surface area contributed by atoms with Gasteiger partial charge in [0.05, 0.1) is 18.7 Å². The number of carbonyl (C=O) groups excluding carboxylic acids is 2. The van der Waals surface area contributed by atoms with Gasteiger partial charge < -0.3 is 15.4 Å². The van der Waals surface area contributed by atoms with E-state index in [9.17, 15) is 9.59 Å². The molecule has 0 aliphatic heterocycles. The van der Waals surface area contributed by atoms with Crippen LogP contribution < -0.4 is 15.4 Å². The van der Waals surface area contributed by atoms with E-state index in [1.165, 1.54) is 6.07 Å². The number of nitrogens with zero attached hydrogens (tertiary/aromatic N) is 1. The molecule has 0 spiro atoms. The van der Waals surface area contributed by atoms with Crippen molar-refractivity contribution in [3.05, 3.63) is 59.7 Å². The van der Waals surface area contributed by atoms with E-state index in [0.29, 0.717) is 11.3 Å². The van der Waals surface area contributed by atoms with E-state index >= 15 is 0 Å². The van der Waals surface area contributed by atoms with Crippen LogP contribution in [0.2, 0.25) is 0 Å². The van der Waals surface area contributed by atoms with E-state index < -0.39 is 11.8 Å². The van der Waals surface area contributed by atoms with Gasteiger partial charge in [0.2, 0.25) is 0 Å². The molecule has 0 unspecified atom stereocenters. The molecule has 2 N–H and O–H groups in total. The normalized spacial score (nSPS) is 9.57. The number of amides is 2. The van der Waals surface area contributed by atoms with Crippen molar-refractivity contribution in [3.8, 4) is 11.8 Å². The van der Waals surface area contributed by atoms with Crippen molar-refractivity contribution in [2.24, 2.45) is 0 Å². The number of rotatable bonds is 4. The molecule has 0 bridgehead atoms. The third-order valence-corrected chi connectivity index (χ3v) is 3.07. The first kappa shape index (κ1) is 16.0. The summed E-state index contributed by atoms with van der Waals surface area (Å²) in [7, 11) is 1.57. The summed E-state index contributed by atoms with van der Waals surface area (Å²) >= 11 is 0. The molecule has 2 amide bonds. The molecule has 0 aliphatic rings. The zero-order valence-electron chi connectivity index (χ0n) is 12.5. The van der Waals surface area contributed by atoms with E-state index in [0.717, 1.165) is 11.3 Å². The molecule has 0 saturated carbocycles. The van der Waals surface area contributed by atoms with Crippen LogP contribution in [0, 0.1) is 11.3 Å². The molecule has 23 heavy (non-hydrogen) atoms. The van der Waals surface area contributed by atoms with E-state index in [1.807, 2.05) is 6.07 Å². The second-order valence-electron chi connectivity index (χ2n) is 4.68. The minimum absolute atomic E-state index is 0.231. The highest BCUT2D eigenvalue weighted by molar-refractivity contribution is 6.39. The SMILES string of the molecule is COc1ccc(CNC(=O)C(=O)Nc2cccc(C#N)c2)cc1. The van der Waals surface area contributed by atoms with Crippen LogP contribution in [0.1, 0.15) is 11.1 Å². The number of methoxy groups -OCH3 is 1. The molecule has 0 saturated heterocycles. The van der Waals surface area contributed by atoms with Gasteiger partial charge in [-0.3, -0.25) is 9.59 Å². The number of nitrogens with one attached hydrogen (secondary N) is 2. The molecular weight excluding hydrogens is 294 g/mol. The zero-order valence-corrected chi connectivity index (χ0v) is 12.5. The summed E-state index contributed by atoms with van der Waals surface area (Å²) in [6.07, 6.45) is 0. The zero-order chi connectivity index (χ0) is 16.7. The van der Waals surface area contributed by atoms with Gasteiger partial charge in [-0.05, 0) is 35.9 Å². The van der Waals surface area contributed by atoms with Crippen LogP contribution in [0.4, 0.5) is 5.69 Å². The minimum atomic E-state index is -0.784. The lowest BCUT2D eigenvalue weighted by molar-refractivity contribution is -0.136. The first-order valence-corrected chi connectivity index (χ1v) is 6.84. The summed E-state index contributed by atoms with van der Waals surface area (Å²) in [4.78, 5) is 23.6. The lowest BCUT2D eigenvalue weighted by Gasteiger charge is -2.07. The highest BCUT2D eigenvalue weighted by Crippen LogP contribution is 2.11. The predicted molar refractivity (Wildman–Crippen MR) is 84.6 cm³/mol. The molecule has 0 fully saturated rings. The van der Waals surface area contributed by atoms with Gasteiger partial charge in [-0.15, -0.1) is 0 Å². The number of ether oxygens (including phenoxy) is 1. The number of anilines is 1. The predicted octanol–water partition coefficient (Wildman–Crippen LogP) is 1.82. The first-order chi connectivity index (χ1) is 11.1. The summed E-state index contributed by atoms with van der Waals surface area (Å²) < 4.78 is 5.04. The van der Waals surface area contributed by atoms with Crippen molar-refractivity contribution in [2.75, 3.05) is 12.4 Å². The fourth-order valence-corrected chi connectivity index (χ4v) is 1.86. The number of hydrogen-bond acceptors (Lipinski definition) is 4. The van der Waals surface area contributed by atoms with Gasteiger partial charge in [0, 0.05) is 12.2 Å². The Bertz CT molecular complexity index is 748. The third-order valence-electron chi connectivity index (χ3n) is 3.07. The van der Waals surface area contributed by atoms with Crippen molar-refractivity contribution in [1.29, 1.82) is 5.26 Å². The molecule has 116 valence electrons. The van der Waals surface area contributed by atoms with E-state index in [2.05, 4.69) is 10.6 Å². The molecular formula is C17H15N3O3. The Labute approximate surface area is 133 Å². The largest absolute Gasteiger partial charge is 0.497 e. The topological polar surface area (TPSA) is 91.2 Å². The van der Waals surface area contributed by atoms with Crippen molar-refractivity contribution in [2.45, 2.75) is 6.54 Å². The van der Waals surface area contributed by atoms with Gasteiger partial charge >= 0.3 is 11.8 Å². The monoisotopic (exact) mass is 309 g/mol. The summed E-state index contributed by atoms with van der Waals surface area (Å²) in [5.74, 6) is -0.813. The standard InChI is InChI=1S/C17H15N3O3/c1-23-15-7-5-12(6-8-15)11-19-16(21)17(22)20-14-4-2-3-13(9-14)10-18/h2-9H,11H2,1H3,(H,19,21)(H,20,22). The molecule has 0 heterocycles. The molecule has 6 nitrogen and oxygen atoms in total. The summed E-state index contributed by atoms with van der Waals surface area (Å²) in [6, 6.07) is 15.4. The molecule has 6 heteroatoms. The molecule has 2 rings (SSSR count). The van der Waals surface area contributed by atoms with Crippen LogP contribution >= 0.6 is 0 Å². The van der Waals surface area contributed by atoms with Crippen LogP contribution in [0.3, 0.4) is 0 Å². The maximum absolute atomic E-state index is 11.8. The average molecular weight is 309 g/mol. The number of carbonyl (C=O) groups is 2.